The van der Waals surface area contributed by atoms with Crippen molar-refractivity contribution < 1.29 is 9.53 Å². The lowest BCUT2D eigenvalue weighted by Gasteiger charge is -2.57. The fraction of sp³-hybridized carbons (Fsp3) is 0.562. The van der Waals surface area contributed by atoms with Crippen LogP contribution in [0.15, 0.2) is 18.2 Å². The largest absolute Gasteiger partial charge is 0.378 e. The quantitative estimate of drug-likeness (QED) is 0.876. The van der Waals surface area contributed by atoms with Gasteiger partial charge in [-0.25, -0.2) is 0 Å². The maximum Gasteiger partial charge on any atom is 0.245 e. The summed E-state index contributed by atoms with van der Waals surface area (Å²) in [5.41, 5.74) is 6.57. The van der Waals surface area contributed by atoms with Crippen molar-refractivity contribution in [2.45, 2.75) is 45.8 Å². The Morgan fingerprint density at radius 1 is 1.50 bits per heavy atom. The van der Waals surface area contributed by atoms with Crippen LogP contribution in [-0.4, -0.2) is 24.2 Å². The van der Waals surface area contributed by atoms with Gasteiger partial charge in [0.2, 0.25) is 5.91 Å². The lowest BCUT2D eigenvalue weighted by atomic mass is 9.54. The van der Waals surface area contributed by atoms with E-state index in [-0.39, 0.29) is 24.4 Å². The van der Waals surface area contributed by atoms with Gasteiger partial charge in [0.05, 0.1) is 6.10 Å². The number of rotatable bonds is 4. The molecule has 0 saturated heterocycles. The standard InChI is InChI=1S/C16H23ClN2O2.ClH/c1-5-21-13-9-16(18,15(13,3)4)14(20)19-12-8-6-7-11(17)10(12)2;/h6-8,13H,5,9,18H2,1-4H3,(H,19,20);1H. The maximum atomic E-state index is 12.6. The summed E-state index contributed by atoms with van der Waals surface area (Å²) < 4.78 is 5.65. The predicted octanol–water partition coefficient (Wildman–Crippen LogP) is 3.54. The minimum absolute atomic E-state index is 0. The van der Waals surface area contributed by atoms with E-state index in [4.69, 9.17) is 22.1 Å². The van der Waals surface area contributed by atoms with Crippen LogP contribution in [-0.2, 0) is 9.53 Å². The van der Waals surface area contributed by atoms with E-state index in [9.17, 15) is 4.79 Å². The van der Waals surface area contributed by atoms with Crippen LogP contribution in [0.4, 0.5) is 5.69 Å². The number of anilines is 1. The highest BCUT2D eigenvalue weighted by Gasteiger charge is 2.62. The lowest BCUT2D eigenvalue weighted by molar-refractivity contribution is -0.166. The average molecular weight is 347 g/mol. The molecule has 1 aliphatic carbocycles. The van der Waals surface area contributed by atoms with E-state index in [1.165, 1.54) is 0 Å². The van der Waals surface area contributed by atoms with E-state index in [0.29, 0.717) is 23.7 Å². The average Bonchev–Trinajstić information content (AvgIpc) is 2.43. The number of halogens is 2. The van der Waals surface area contributed by atoms with Gasteiger partial charge < -0.3 is 15.8 Å². The van der Waals surface area contributed by atoms with Crippen molar-refractivity contribution in [2.24, 2.45) is 11.1 Å². The minimum Gasteiger partial charge on any atom is -0.378 e. The van der Waals surface area contributed by atoms with E-state index in [0.717, 1.165) is 5.56 Å². The van der Waals surface area contributed by atoms with E-state index in [1.807, 2.05) is 39.8 Å². The van der Waals surface area contributed by atoms with Crippen molar-refractivity contribution in [3.8, 4) is 0 Å². The molecule has 1 amide bonds. The topological polar surface area (TPSA) is 64.3 Å². The molecule has 1 aromatic carbocycles. The molecule has 22 heavy (non-hydrogen) atoms. The summed E-state index contributed by atoms with van der Waals surface area (Å²) in [6.45, 7) is 8.39. The van der Waals surface area contributed by atoms with Crippen molar-refractivity contribution in [1.29, 1.82) is 0 Å². The summed E-state index contributed by atoms with van der Waals surface area (Å²) in [7, 11) is 0. The van der Waals surface area contributed by atoms with Crippen LogP contribution in [0.1, 0.15) is 32.8 Å². The summed E-state index contributed by atoms with van der Waals surface area (Å²) in [5.74, 6) is -0.186. The molecule has 0 bridgehead atoms. The molecule has 0 heterocycles. The summed E-state index contributed by atoms with van der Waals surface area (Å²) in [5, 5.41) is 3.53. The number of carbonyl (C=O) groups is 1. The Kier molecular flexibility index (Phi) is 5.90. The fourth-order valence-electron chi connectivity index (χ4n) is 2.80. The zero-order chi connectivity index (χ0) is 15.8. The van der Waals surface area contributed by atoms with Crippen molar-refractivity contribution in [3.63, 3.8) is 0 Å². The van der Waals surface area contributed by atoms with Gasteiger partial charge in [-0.15, -0.1) is 12.4 Å². The van der Waals surface area contributed by atoms with E-state index in [2.05, 4.69) is 5.32 Å². The van der Waals surface area contributed by atoms with Crippen LogP contribution in [0.2, 0.25) is 5.02 Å². The van der Waals surface area contributed by atoms with Gasteiger partial charge in [0.1, 0.15) is 5.54 Å². The van der Waals surface area contributed by atoms with Crippen LogP contribution in [0.3, 0.4) is 0 Å². The predicted molar refractivity (Wildman–Crippen MR) is 92.8 cm³/mol. The van der Waals surface area contributed by atoms with E-state index >= 15 is 0 Å². The Bertz CT molecular complexity index is 563. The third kappa shape index (κ3) is 2.98. The van der Waals surface area contributed by atoms with Gasteiger partial charge in [-0.2, -0.15) is 0 Å². The summed E-state index contributed by atoms with van der Waals surface area (Å²) in [4.78, 5) is 12.6. The maximum absolute atomic E-state index is 12.6. The molecular formula is C16H24Cl2N2O2. The molecule has 3 N–H and O–H groups in total. The third-order valence-corrected chi connectivity index (χ3v) is 5.16. The zero-order valence-electron chi connectivity index (χ0n) is 13.4. The molecule has 0 spiro atoms. The first-order valence-electron chi connectivity index (χ1n) is 7.21. The number of carbonyl (C=O) groups excluding carboxylic acids is 1. The molecule has 0 radical (unpaired) electrons. The number of amides is 1. The molecule has 6 heteroatoms. The highest BCUT2D eigenvalue weighted by Crippen LogP contribution is 2.50. The first-order valence-corrected chi connectivity index (χ1v) is 7.59. The van der Waals surface area contributed by atoms with Gasteiger partial charge in [0.25, 0.3) is 0 Å². The van der Waals surface area contributed by atoms with Gasteiger partial charge in [0.15, 0.2) is 0 Å². The molecule has 1 fully saturated rings. The number of hydrogen-bond donors (Lipinski definition) is 2. The van der Waals surface area contributed by atoms with Crippen LogP contribution in [0.5, 0.6) is 0 Å². The molecular weight excluding hydrogens is 323 g/mol. The van der Waals surface area contributed by atoms with Crippen molar-refractivity contribution in [2.75, 3.05) is 11.9 Å². The first kappa shape index (κ1) is 19.2. The minimum atomic E-state index is -0.929. The second-order valence-corrected chi connectivity index (χ2v) is 6.61. The zero-order valence-corrected chi connectivity index (χ0v) is 15.0. The number of ether oxygens (including phenoxy) is 1. The Morgan fingerprint density at radius 2 is 2.14 bits per heavy atom. The highest BCUT2D eigenvalue weighted by molar-refractivity contribution is 6.31. The van der Waals surface area contributed by atoms with E-state index in [1.54, 1.807) is 6.07 Å². The number of nitrogens with one attached hydrogen (secondary N) is 1. The first-order chi connectivity index (χ1) is 9.74. The normalized spacial score (nSPS) is 25.8. The lowest BCUT2D eigenvalue weighted by Crippen LogP contribution is -2.74. The van der Waals surface area contributed by atoms with Gasteiger partial charge in [0, 0.05) is 29.2 Å². The molecule has 1 saturated carbocycles. The number of nitrogens with two attached hydrogens (primary N) is 1. The Morgan fingerprint density at radius 3 is 2.68 bits per heavy atom. The molecule has 0 aromatic heterocycles. The van der Waals surface area contributed by atoms with Crippen LogP contribution in [0, 0.1) is 12.3 Å². The molecule has 124 valence electrons. The molecule has 2 rings (SSSR count). The van der Waals surface area contributed by atoms with Crippen molar-refractivity contribution in [3.05, 3.63) is 28.8 Å². The van der Waals surface area contributed by atoms with Crippen LogP contribution < -0.4 is 11.1 Å². The molecule has 1 aromatic rings. The summed E-state index contributed by atoms with van der Waals surface area (Å²) in [6.07, 6.45) is 0.540. The molecule has 0 aliphatic heterocycles. The second-order valence-electron chi connectivity index (χ2n) is 6.21. The summed E-state index contributed by atoms with van der Waals surface area (Å²) in [6, 6.07) is 5.43. The molecule has 2 atom stereocenters. The van der Waals surface area contributed by atoms with Crippen molar-refractivity contribution in [1.82, 2.24) is 0 Å². The smallest absolute Gasteiger partial charge is 0.245 e. The van der Waals surface area contributed by atoms with Crippen molar-refractivity contribution >= 4 is 35.6 Å². The number of hydrogen-bond acceptors (Lipinski definition) is 3. The van der Waals surface area contributed by atoms with Crippen LogP contribution in [0.25, 0.3) is 0 Å². The van der Waals surface area contributed by atoms with Gasteiger partial charge in [-0.1, -0.05) is 31.5 Å². The summed E-state index contributed by atoms with van der Waals surface area (Å²) >= 11 is 6.08. The fourth-order valence-corrected chi connectivity index (χ4v) is 2.97. The third-order valence-electron chi connectivity index (χ3n) is 4.75. The Balaban J connectivity index is 0.00000242. The second kappa shape index (κ2) is 6.75. The molecule has 4 nitrogen and oxygen atoms in total. The van der Waals surface area contributed by atoms with Gasteiger partial charge in [-0.3, -0.25) is 4.79 Å². The highest BCUT2D eigenvalue weighted by atomic mass is 35.5. The van der Waals surface area contributed by atoms with Crippen LogP contribution >= 0.6 is 24.0 Å². The molecule has 1 aliphatic rings. The Hall–Kier alpha value is -0.810. The van der Waals surface area contributed by atoms with Gasteiger partial charge in [-0.05, 0) is 31.5 Å². The monoisotopic (exact) mass is 346 g/mol. The van der Waals surface area contributed by atoms with E-state index < -0.39 is 11.0 Å². The SMILES string of the molecule is CCOC1CC(N)(C(=O)Nc2cccc(Cl)c2C)C1(C)C.Cl. The molecule has 2 unspecified atom stereocenters. The Labute approximate surface area is 143 Å². The number of benzene rings is 1. The van der Waals surface area contributed by atoms with Gasteiger partial charge >= 0.3 is 0 Å².